The van der Waals surface area contributed by atoms with Gasteiger partial charge in [0.15, 0.2) is 0 Å². The zero-order valence-electron chi connectivity index (χ0n) is 16.2. The van der Waals surface area contributed by atoms with Crippen LogP contribution >= 0.6 is 0 Å². The molecule has 0 aliphatic carbocycles. The van der Waals surface area contributed by atoms with Crippen molar-refractivity contribution < 1.29 is 9.18 Å². The van der Waals surface area contributed by atoms with Crippen molar-refractivity contribution in [2.75, 3.05) is 42.9 Å². The average molecular weight is 389 g/mol. The van der Waals surface area contributed by atoms with E-state index >= 15 is 0 Å². The summed E-state index contributed by atoms with van der Waals surface area (Å²) in [7, 11) is 0. The number of hydrogen-bond donors (Lipinski definition) is 1. The van der Waals surface area contributed by atoms with Crippen molar-refractivity contribution in [1.29, 1.82) is 0 Å². The minimum absolute atomic E-state index is 0.00677. The molecule has 0 bridgehead atoms. The molecule has 1 fully saturated rings. The Morgan fingerprint density at radius 3 is 2.07 bits per heavy atom. The van der Waals surface area contributed by atoms with E-state index in [1.165, 1.54) is 12.1 Å². The van der Waals surface area contributed by atoms with Gasteiger partial charge < -0.3 is 10.2 Å². The summed E-state index contributed by atoms with van der Waals surface area (Å²) in [5.74, 6) is -0.228. The van der Waals surface area contributed by atoms with Crippen LogP contribution < -0.4 is 10.2 Å². The number of rotatable bonds is 5. The normalized spacial score (nSPS) is 14.6. The molecule has 0 aromatic heterocycles. The first-order valence-electron chi connectivity index (χ1n) is 9.85. The molecule has 5 heteroatoms. The van der Waals surface area contributed by atoms with E-state index < -0.39 is 0 Å². The fraction of sp³-hybridized carbons (Fsp3) is 0.208. The SMILES string of the molecule is O=C(CN1CCN(c2ccc(F)cc2)CC1)Nc1ccc(-c2ccccc2)cc1. The molecule has 0 saturated carbocycles. The van der Waals surface area contributed by atoms with E-state index in [1.807, 2.05) is 42.5 Å². The second kappa shape index (κ2) is 8.88. The van der Waals surface area contributed by atoms with E-state index in [1.54, 1.807) is 12.1 Å². The molecule has 1 saturated heterocycles. The zero-order valence-corrected chi connectivity index (χ0v) is 16.2. The second-order valence-corrected chi connectivity index (χ2v) is 7.23. The maximum atomic E-state index is 13.1. The largest absolute Gasteiger partial charge is 0.369 e. The van der Waals surface area contributed by atoms with Crippen LogP contribution in [-0.4, -0.2) is 43.5 Å². The Labute approximate surface area is 170 Å². The molecule has 1 aliphatic heterocycles. The minimum atomic E-state index is -0.221. The van der Waals surface area contributed by atoms with Crippen LogP contribution in [0.15, 0.2) is 78.9 Å². The molecule has 0 spiro atoms. The molecule has 0 atom stereocenters. The Morgan fingerprint density at radius 2 is 1.41 bits per heavy atom. The smallest absolute Gasteiger partial charge is 0.238 e. The van der Waals surface area contributed by atoms with Gasteiger partial charge in [-0.3, -0.25) is 9.69 Å². The van der Waals surface area contributed by atoms with E-state index in [4.69, 9.17) is 0 Å². The van der Waals surface area contributed by atoms with Crippen LogP contribution in [-0.2, 0) is 4.79 Å². The maximum absolute atomic E-state index is 13.1. The fourth-order valence-corrected chi connectivity index (χ4v) is 3.60. The highest BCUT2D eigenvalue weighted by molar-refractivity contribution is 5.92. The maximum Gasteiger partial charge on any atom is 0.238 e. The molecule has 0 radical (unpaired) electrons. The van der Waals surface area contributed by atoms with Crippen molar-refractivity contribution in [1.82, 2.24) is 4.90 Å². The number of nitrogens with one attached hydrogen (secondary N) is 1. The van der Waals surface area contributed by atoms with E-state index in [2.05, 4.69) is 27.2 Å². The molecule has 1 N–H and O–H groups in total. The van der Waals surface area contributed by atoms with E-state index in [-0.39, 0.29) is 11.7 Å². The van der Waals surface area contributed by atoms with Crippen molar-refractivity contribution in [3.63, 3.8) is 0 Å². The van der Waals surface area contributed by atoms with Gasteiger partial charge in [-0.05, 0) is 47.5 Å². The lowest BCUT2D eigenvalue weighted by Gasteiger charge is -2.35. The fourth-order valence-electron chi connectivity index (χ4n) is 3.60. The second-order valence-electron chi connectivity index (χ2n) is 7.23. The number of hydrogen-bond acceptors (Lipinski definition) is 3. The highest BCUT2D eigenvalue weighted by Crippen LogP contribution is 2.21. The average Bonchev–Trinajstić information content (AvgIpc) is 2.76. The lowest BCUT2D eigenvalue weighted by atomic mass is 10.1. The topological polar surface area (TPSA) is 35.6 Å². The third kappa shape index (κ3) is 5.00. The third-order valence-electron chi connectivity index (χ3n) is 5.21. The van der Waals surface area contributed by atoms with E-state index in [9.17, 15) is 9.18 Å². The molecule has 29 heavy (non-hydrogen) atoms. The molecule has 0 unspecified atom stereocenters. The molecule has 1 amide bonds. The van der Waals surface area contributed by atoms with Crippen LogP contribution in [0, 0.1) is 5.82 Å². The number of carbonyl (C=O) groups is 1. The number of amides is 1. The van der Waals surface area contributed by atoms with Gasteiger partial charge >= 0.3 is 0 Å². The Bertz CT molecular complexity index is 934. The Balaban J connectivity index is 1.26. The number of benzene rings is 3. The summed E-state index contributed by atoms with van der Waals surface area (Å²) in [5, 5.41) is 2.98. The lowest BCUT2D eigenvalue weighted by molar-refractivity contribution is -0.117. The van der Waals surface area contributed by atoms with Gasteiger partial charge in [0.25, 0.3) is 0 Å². The summed E-state index contributed by atoms with van der Waals surface area (Å²) in [6.45, 7) is 3.63. The van der Waals surface area contributed by atoms with Crippen LogP contribution in [0.4, 0.5) is 15.8 Å². The number of nitrogens with zero attached hydrogens (tertiary/aromatic N) is 2. The quantitative estimate of drug-likeness (QED) is 0.709. The van der Waals surface area contributed by atoms with Gasteiger partial charge in [-0.1, -0.05) is 42.5 Å². The molecule has 148 valence electrons. The lowest BCUT2D eigenvalue weighted by Crippen LogP contribution is -2.48. The predicted molar refractivity (Wildman–Crippen MR) is 116 cm³/mol. The van der Waals surface area contributed by atoms with Crippen molar-refractivity contribution in [2.45, 2.75) is 0 Å². The summed E-state index contributed by atoms with van der Waals surface area (Å²) >= 11 is 0. The first kappa shape index (κ1) is 19.2. The molecule has 3 aromatic rings. The van der Waals surface area contributed by atoms with E-state index in [0.717, 1.165) is 48.7 Å². The van der Waals surface area contributed by atoms with Gasteiger partial charge in [0, 0.05) is 37.6 Å². The first-order chi connectivity index (χ1) is 14.2. The van der Waals surface area contributed by atoms with Gasteiger partial charge in [-0.2, -0.15) is 0 Å². The van der Waals surface area contributed by atoms with Gasteiger partial charge in [-0.15, -0.1) is 0 Å². The van der Waals surface area contributed by atoms with Crippen LogP contribution in [0.25, 0.3) is 11.1 Å². The summed E-state index contributed by atoms with van der Waals surface area (Å²) in [6, 6.07) is 24.7. The third-order valence-corrected chi connectivity index (χ3v) is 5.21. The Hall–Kier alpha value is -3.18. The van der Waals surface area contributed by atoms with Crippen molar-refractivity contribution >= 4 is 17.3 Å². The number of anilines is 2. The highest BCUT2D eigenvalue weighted by atomic mass is 19.1. The minimum Gasteiger partial charge on any atom is -0.369 e. The Kier molecular flexibility index (Phi) is 5.86. The molecular weight excluding hydrogens is 365 g/mol. The summed E-state index contributed by atoms with van der Waals surface area (Å²) in [5.41, 5.74) is 4.11. The Morgan fingerprint density at radius 1 is 0.793 bits per heavy atom. The molecule has 3 aromatic carbocycles. The number of carbonyl (C=O) groups excluding carboxylic acids is 1. The number of piperazine rings is 1. The molecule has 1 aliphatic rings. The zero-order chi connectivity index (χ0) is 20.1. The molecule has 4 nitrogen and oxygen atoms in total. The van der Waals surface area contributed by atoms with Crippen molar-refractivity contribution in [2.24, 2.45) is 0 Å². The first-order valence-corrected chi connectivity index (χ1v) is 9.85. The standard InChI is InChI=1S/C24H24FN3O/c25-21-8-12-23(13-9-21)28-16-14-27(15-17-28)18-24(29)26-22-10-6-20(7-11-22)19-4-2-1-3-5-19/h1-13H,14-18H2,(H,26,29). The molecule has 4 rings (SSSR count). The van der Waals surface area contributed by atoms with Gasteiger partial charge in [0.2, 0.25) is 5.91 Å². The predicted octanol–water partition coefficient (Wildman–Crippen LogP) is 4.25. The highest BCUT2D eigenvalue weighted by Gasteiger charge is 2.19. The van der Waals surface area contributed by atoms with Crippen molar-refractivity contribution in [3.8, 4) is 11.1 Å². The summed E-state index contributed by atoms with van der Waals surface area (Å²) in [6.07, 6.45) is 0. The summed E-state index contributed by atoms with van der Waals surface area (Å²) < 4.78 is 13.1. The monoisotopic (exact) mass is 389 g/mol. The van der Waals surface area contributed by atoms with Crippen LogP contribution in [0.3, 0.4) is 0 Å². The molecule has 1 heterocycles. The van der Waals surface area contributed by atoms with Crippen LogP contribution in [0.2, 0.25) is 0 Å². The van der Waals surface area contributed by atoms with Crippen LogP contribution in [0.1, 0.15) is 0 Å². The molecular formula is C24H24FN3O. The van der Waals surface area contributed by atoms with Crippen molar-refractivity contribution in [3.05, 3.63) is 84.7 Å². The van der Waals surface area contributed by atoms with Gasteiger partial charge in [0.05, 0.1) is 6.54 Å². The van der Waals surface area contributed by atoms with E-state index in [0.29, 0.717) is 6.54 Å². The van der Waals surface area contributed by atoms with Crippen LogP contribution in [0.5, 0.6) is 0 Å². The summed E-state index contributed by atoms with van der Waals surface area (Å²) in [4.78, 5) is 16.8. The van der Waals surface area contributed by atoms with Gasteiger partial charge in [0.1, 0.15) is 5.82 Å². The number of halogens is 1. The van der Waals surface area contributed by atoms with Gasteiger partial charge in [-0.25, -0.2) is 4.39 Å².